The van der Waals surface area contributed by atoms with Crippen LogP contribution in [0.4, 0.5) is 11.5 Å². The minimum Gasteiger partial charge on any atom is -0.737 e. The third kappa shape index (κ3) is 0.884. The van der Waals surface area contributed by atoms with Gasteiger partial charge in [-0.3, -0.25) is 0 Å². The van der Waals surface area contributed by atoms with Crippen LogP contribution in [0.3, 0.4) is 0 Å². The molecule has 0 spiro atoms. The second kappa shape index (κ2) is 2.40. The summed E-state index contributed by atoms with van der Waals surface area (Å²) in [5.74, 6) is -0.240. The van der Waals surface area contributed by atoms with Gasteiger partial charge in [-0.1, -0.05) is 0 Å². The summed E-state index contributed by atoms with van der Waals surface area (Å²) in [6, 6.07) is 0. The highest BCUT2D eigenvalue weighted by molar-refractivity contribution is 5.57. The van der Waals surface area contributed by atoms with E-state index in [9.17, 15) is 10.0 Å². The molecule has 0 radical (unpaired) electrons. The summed E-state index contributed by atoms with van der Waals surface area (Å²) in [6.07, 6.45) is 0. The number of hydrogen-bond donors (Lipinski definition) is 2. The molecular weight excluding hydrogens is 160 g/mol. The van der Waals surface area contributed by atoms with E-state index >= 15 is 0 Å². The zero-order valence-electron chi connectivity index (χ0n) is 6.87. The van der Waals surface area contributed by atoms with Crippen LogP contribution in [-0.4, -0.2) is 4.57 Å². The molecule has 0 aliphatic rings. The van der Waals surface area contributed by atoms with Gasteiger partial charge in [0.05, 0.1) is 7.05 Å². The monoisotopic (exact) mass is 170 g/mol. The molecule has 0 saturated carbocycles. The Bertz CT molecular complexity index is 350. The van der Waals surface area contributed by atoms with Gasteiger partial charge in [-0.05, 0) is 6.92 Å². The smallest absolute Gasteiger partial charge is 0.443 e. The molecule has 0 saturated heterocycles. The first-order valence-electron chi connectivity index (χ1n) is 3.31. The zero-order chi connectivity index (χ0) is 9.46. The van der Waals surface area contributed by atoms with Gasteiger partial charge in [-0.2, -0.15) is 0 Å². The fourth-order valence-electron chi connectivity index (χ4n) is 0.858. The summed E-state index contributed by atoms with van der Waals surface area (Å²) in [6.45, 7) is 1.62. The molecule has 0 fully saturated rings. The number of hydrogen-bond acceptors (Lipinski definition) is 4. The lowest BCUT2D eigenvalue weighted by Gasteiger charge is -2.10. The summed E-state index contributed by atoms with van der Waals surface area (Å²) in [4.78, 5) is 11.0. The molecule has 0 unspecified atom stereocenters. The Morgan fingerprint density at radius 1 is 1.50 bits per heavy atom. The maximum atomic E-state index is 11.0. The maximum absolute atomic E-state index is 11.0. The summed E-state index contributed by atoms with van der Waals surface area (Å²) >= 11 is 0. The summed E-state index contributed by atoms with van der Waals surface area (Å²) < 4.78 is 1.22. The van der Waals surface area contributed by atoms with E-state index in [4.69, 9.17) is 11.5 Å². The Balaban J connectivity index is 3.73. The van der Waals surface area contributed by atoms with Gasteiger partial charge < -0.3 is 16.7 Å². The molecule has 1 aromatic heterocycles. The Labute approximate surface area is 68.6 Å². The van der Waals surface area contributed by atoms with Crippen LogP contribution in [0, 0.1) is 12.1 Å². The van der Waals surface area contributed by atoms with Crippen molar-refractivity contribution < 1.29 is 4.73 Å². The van der Waals surface area contributed by atoms with Crippen LogP contribution < -0.4 is 21.9 Å². The predicted molar refractivity (Wildman–Crippen MR) is 44.2 cm³/mol. The van der Waals surface area contributed by atoms with E-state index in [2.05, 4.69) is 0 Å². The standard InChI is InChI=1S/C6H10N4O2/c1-3-4(7)5(8)10(12)6(11)9(3)2/h7-8H2,1-2H3. The first-order chi connectivity index (χ1) is 5.46. The number of nitrogens with two attached hydrogens (primary N) is 2. The van der Waals surface area contributed by atoms with Crippen molar-refractivity contribution in [3.63, 3.8) is 0 Å². The van der Waals surface area contributed by atoms with E-state index in [1.54, 1.807) is 6.92 Å². The molecule has 0 aliphatic heterocycles. The first kappa shape index (κ1) is 8.38. The van der Waals surface area contributed by atoms with Crippen molar-refractivity contribution in [3.05, 3.63) is 21.4 Å². The van der Waals surface area contributed by atoms with Gasteiger partial charge in [0.25, 0.3) is 0 Å². The van der Waals surface area contributed by atoms with Crippen molar-refractivity contribution in [2.45, 2.75) is 6.92 Å². The molecule has 1 heterocycles. The van der Waals surface area contributed by atoms with E-state index in [0.29, 0.717) is 5.69 Å². The van der Waals surface area contributed by atoms with Gasteiger partial charge in [-0.15, -0.1) is 0 Å². The van der Waals surface area contributed by atoms with Crippen LogP contribution in [0.25, 0.3) is 0 Å². The van der Waals surface area contributed by atoms with Gasteiger partial charge in [0, 0.05) is 0 Å². The van der Waals surface area contributed by atoms with Gasteiger partial charge in [0.1, 0.15) is 11.4 Å². The molecule has 0 bridgehead atoms. The van der Waals surface area contributed by atoms with Crippen molar-refractivity contribution in [1.29, 1.82) is 0 Å². The van der Waals surface area contributed by atoms with Crippen LogP contribution in [0.1, 0.15) is 5.69 Å². The third-order valence-electron chi connectivity index (χ3n) is 1.85. The fraction of sp³-hybridized carbons (Fsp3) is 0.333. The Hall–Kier alpha value is -1.72. The number of nitrogens with zero attached hydrogens (tertiary/aromatic N) is 2. The van der Waals surface area contributed by atoms with Crippen LogP contribution in [0.15, 0.2) is 4.79 Å². The fourth-order valence-corrected chi connectivity index (χ4v) is 0.858. The van der Waals surface area contributed by atoms with E-state index in [0.717, 1.165) is 4.57 Å². The Kier molecular flexibility index (Phi) is 1.68. The summed E-state index contributed by atoms with van der Waals surface area (Å²) in [5.41, 5.74) is 10.6. The van der Waals surface area contributed by atoms with Gasteiger partial charge in [-0.25, -0.2) is 14.1 Å². The molecule has 4 N–H and O–H groups in total. The lowest BCUT2D eigenvalue weighted by molar-refractivity contribution is -0.610. The molecule has 66 valence electrons. The van der Waals surface area contributed by atoms with Gasteiger partial charge in [0.15, 0.2) is 0 Å². The van der Waals surface area contributed by atoms with Crippen molar-refractivity contribution in [1.82, 2.24) is 4.57 Å². The number of rotatable bonds is 0. The highest BCUT2D eigenvalue weighted by Gasteiger charge is 2.13. The molecule has 0 aromatic carbocycles. The Morgan fingerprint density at radius 3 is 2.50 bits per heavy atom. The summed E-state index contributed by atoms with van der Waals surface area (Å²) in [7, 11) is 1.46. The molecule has 12 heavy (non-hydrogen) atoms. The van der Waals surface area contributed by atoms with E-state index in [1.807, 2.05) is 0 Å². The van der Waals surface area contributed by atoms with E-state index < -0.39 is 5.69 Å². The minimum absolute atomic E-state index is 0.0718. The third-order valence-corrected chi connectivity index (χ3v) is 1.85. The normalized spacial score (nSPS) is 10.2. The lowest BCUT2D eigenvalue weighted by Crippen LogP contribution is -2.52. The van der Waals surface area contributed by atoms with Crippen LogP contribution in [0.5, 0.6) is 0 Å². The van der Waals surface area contributed by atoms with Crippen LogP contribution >= 0.6 is 0 Å². The molecule has 0 aliphatic carbocycles. The number of aromatic nitrogens is 2. The second-order valence-corrected chi connectivity index (χ2v) is 2.52. The average molecular weight is 170 g/mol. The number of nitrogen functional groups attached to an aromatic ring is 2. The predicted octanol–water partition coefficient (Wildman–Crippen LogP) is -1.51. The van der Waals surface area contributed by atoms with Crippen molar-refractivity contribution in [2.75, 3.05) is 11.5 Å². The molecule has 0 amide bonds. The topological polar surface area (TPSA) is 101 Å². The second-order valence-electron chi connectivity index (χ2n) is 2.52. The largest absolute Gasteiger partial charge is 0.737 e. The minimum atomic E-state index is -0.723. The maximum Gasteiger partial charge on any atom is 0.443 e. The molecule has 1 aromatic rings. The van der Waals surface area contributed by atoms with Gasteiger partial charge in [0.2, 0.25) is 5.82 Å². The number of anilines is 2. The van der Waals surface area contributed by atoms with Crippen molar-refractivity contribution >= 4 is 11.5 Å². The summed E-state index contributed by atoms with van der Waals surface area (Å²) in [5, 5.41) is 10.9. The van der Waals surface area contributed by atoms with Crippen molar-refractivity contribution in [3.8, 4) is 0 Å². The van der Waals surface area contributed by atoms with E-state index in [1.165, 1.54) is 7.05 Å². The molecular formula is C6H10N4O2. The first-order valence-corrected chi connectivity index (χ1v) is 3.31. The molecule has 6 nitrogen and oxygen atoms in total. The Morgan fingerprint density at radius 2 is 2.00 bits per heavy atom. The van der Waals surface area contributed by atoms with Crippen LogP contribution in [0.2, 0.25) is 0 Å². The molecule has 1 rings (SSSR count). The molecule has 6 heteroatoms. The average Bonchev–Trinajstić information content (AvgIpc) is 2.08. The quantitative estimate of drug-likeness (QED) is 0.365. The van der Waals surface area contributed by atoms with Crippen LogP contribution in [-0.2, 0) is 7.05 Å². The zero-order valence-corrected chi connectivity index (χ0v) is 6.87. The van der Waals surface area contributed by atoms with E-state index in [-0.39, 0.29) is 16.2 Å². The highest BCUT2D eigenvalue weighted by Crippen LogP contribution is 2.10. The lowest BCUT2D eigenvalue weighted by atomic mass is 10.3. The molecule has 0 atom stereocenters. The highest BCUT2D eigenvalue weighted by atomic mass is 16.5. The van der Waals surface area contributed by atoms with Crippen molar-refractivity contribution in [2.24, 2.45) is 7.05 Å². The SMILES string of the molecule is Cc1c(N)c(N)[n+]([O-])c(=O)n1C. The van der Waals surface area contributed by atoms with Gasteiger partial charge >= 0.3 is 5.69 Å².